The summed E-state index contributed by atoms with van der Waals surface area (Å²) in [6.45, 7) is 0. The molecule has 0 unspecified atom stereocenters. The molecule has 3 nitrogen and oxygen atoms in total. The summed E-state index contributed by atoms with van der Waals surface area (Å²) in [5.74, 6) is 0. The standard InChI is InChI=1S/C49H33GeN3/c51-34-43-47(52-44-26-13-10-23-39(44)40-24-11-14-27-45(40)52)29-16-30-48(43)53-46-28-15-12-25-41(46)42-33-38(31-32-49(42)53)50(35-17-4-1-5-18-35,36-19-6-2-7-20-36)37-21-8-3-9-22-37/h1-33H. The number of nitrogens with zero attached hydrogens (tertiary/aromatic N) is 3. The van der Waals surface area contributed by atoms with Crippen molar-refractivity contribution in [3.8, 4) is 17.4 Å². The van der Waals surface area contributed by atoms with Crippen LogP contribution >= 0.6 is 0 Å². The SMILES string of the molecule is N#Cc1c(-n2c3ccccc3c3ccccc32)cccc1-n1c2ccccc2c2c[c]([Ge]([c]3ccccc3)([c]3ccccc3)[c]3ccccc3)ccc21. The van der Waals surface area contributed by atoms with Gasteiger partial charge in [0.1, 0.15) is 0 Å². The zero-order valence-corrected chi connectivity index (χ0v) is 31.0. The molecule has 0 spiro atoms. The van der Waals surface area contributed by atoms with Crippen LogP contribution in [0.5, 0.6) is 0 Å². The Morgan fingerprint density at radius 3 is 1.15 bits per heavy atom. The van der Waals surface area contributed by atoms with Crippen molar-refractivity contribution in [1.29, 1.82) is 5.26 Å². The van der Waals surface area contributed by atoms with Gasteiger partial charge in [-0.05, 0) is 0 Å². The normalized spacial score (nSPS) is 11.8. The van der Waals surface area contributed by atoms with Gasteiger partial charge in [0.25, 0.3) is 0 Å². The van der Waals surface area contributed by atoms with Crippen molar-refractivity contribution < 1.29 is 0 Å². The minimum atomic E-state index is -3.52. The molecule has 248 valence electrons. The molecule has 0 saturated heterocycles. The fourth-order valence-electron chi connectivity index (χ4n) is 8.73. The first kappa shape index (κ1) is 31.2. The van der Waals surface area contributed by atoms with Gasteiger partial charge in [-0.1, -0.05) is 12.1 Å². The number of rotatable bonds is 6. The molecule has 2 heterocycles. The number of benzene rings is 8. The Labute approximate surface area is 310 Å². The van der Waals surface area contributed by atoms with Gasteiger partial charge in [0.2, 0.25) is 0 Å². The van der Waals surface area contributed by atoms with Crippen LogP contribution in [0.15, 0.2) is 200 Å². The summed E-state index contributed by atoms with van der Waals surface area (Å²) < 4.78 is 10.1. The zero-order valence-electron chi connectivity index (χ0n) is 28.9. The molecular formula is C49H33GeN3. The molecule has 2 aromatic heterocycles. The molecule has 0 fully saturated rings. The van der Waals surface area contributed by atoms with Crippen molar-refractivity contribution in [3.63, 3.8) is 0 Å². The summed E-state index contributed by atoms with van der Waals surface area (Å²) in [5.41, 5.74) is 6.70. The average molecular weight is 736 g/mol. The molecule has 0 atom stereocenters. The molecule has 0 saturated carbocycles. The molecule has 0 aliphatic carbocycles. The van der Waals surface area contributed by atoms with Gasteiger partial charge in [0, 0.05) is 0 Å². The quantitative estimate of drug-likeness (QED) is 0.157. The number of hydrogen-bond donors (Lipinski definition) is 0. The van der Waals surface area contributed by atoms with Crippen LogP contribution < -0.4 is 17.6 Å². The van der Waals surface area contributed by atoms with Crippen molar-refractivity contribution in [1.82, 2.24) is 9.13 Å². The third-order valence-corrected chi connectivity index (χ3v) is 20.9. The number of para-hydroxylation sites is 3. The van der Waals surface area contributed by atoms with Crippen LogP contribution in [-0.2, 0) is 0 Å². The van der Waals surface area contributed by atoms with E-state index in [2.05, 4.69) is 215 Å². The van der Waals surface area contributed by atoms with Gasteiger partial charge in [-0.2, -0.15) is 0 Å². The monoisotopic (exact) mass is 737 g/mol. The minimum absolute atomic E-state index is 0.635. The van der Waals surface area contributed by atoms with Crippen LogP contribution in [0.4, 0.5) is 0 Å². The fraction of sp³-hybridized carbons (Fsp3) is 0. The van der Waals surface area contributed by atoms with Gasteiger partial charge in [0.15, 0.2) is 0 Å². The maximum absolute atomic E-state index is 11.0. The van der Waals surface area contributed by atoms with E-state index in [-0.39, 0.29) is 0 Å². The van der Waals surface area contributed by atoms with Crippen LogP contribution in [0.25, 0.3) is 55.0 Å². The van der Waals surface area contributed by atoms with Gasteiger partial charge in [-0.25, -0.2) is 0 Å². The Kier molecular flexibility index (Phi) is 7.38. The first-order chi connectivity index (χ1) is 26.3. The Balaban J connectivity index is 1.27. The Bertz CT molecular complexity index is 2860. The molecule has 0 N–H and O–H groups in total. The third kappa shape index (κ3) is 4.66. The number of nitriles is 1. The molecule has 0 aliphatic heterocycles. The van der Waals surface area contributed by atoms with Crippen molar-refractivity contribution in [2.75, 3.05) is 0 Å². The van der Waals surface area contributed by atoms with E-state index in [1.807, 2.05) is 0 Å². The van der Waals surface area contributed by atoms with E-state index in [0.29, 0.717) is 5.56 Å². The van der Waals surface area contributed by atoms with E-state index < -0.39 is 13.3 Å². The number of hydrogen-bond acceptors (Lipinski definition) is 1. The summed E-state index contributed by atoms with van der Waals surface area (Å²) in [7, 11) is 0. The van der Waals surface area contributed by atoms with Crippen molar-refractivity contribution in [3.05, 3.63) is 206 Å². The fourth-order valence-corrected chi connectivity index (χ4v) is 18.7. The van der Waals surface area contributed by atoms with E-state index in [9.17, 15) is 5.26 Å². The molecule has 53 heavy (non-hydrogen) atoms. The first-order valence-corrected chi connectivity index (χ1v) is 22.2. The van der Waals surface area contributed by atoms with E-state index >= 15 is 0 Å². The summed E-state index contributed by atoms with van der Waals surface area (Å²) >= 11 is -3.52. The molecule has 4 heteroatoms. The van der Waals surface area contributed by atoms with E-state index in [0.717, 1.165) is 33.4 Å². The Morgan fingerprint density at radius 1 is 0.340 bits per heavy atom. The Hall–Kier alpha value is -6.61. The van der Waals surface area contributed by atoms with Gasteiger partial charge < -0.3 is 0 Å². The summed E-state index contributed by atoms with van der Waals surface area (Å²) in [5, 5.41) is 15.7. The van der Waals surface area contributed by atoms with Crippen molar-refractivity contribution >= 4 is 74.5 Å². The van der Waals surface area contributed by atoms with Crippen molar-refractivity contribution in [2.45, 2.75) is 0 Å². The van der Waals surface area contributed by atoms with Gasteiger partial charge in [0.05, 0.1) is 0 Å². The maximum atomic E-state index is 11.0. The van der Waals surface area contributed by atoms with Crippen LogP contribution in [-0.4, -0.2) is 22.4 Å². The van der Waals surface area contributed by atoms with Crippen LogP contribution in [0.3, 0.4) is 0 Å². The zero-order chi connectivity index (χ0) is 35.4. The van der Waals surface area contributed by atoms with Crippen LogP contribution in [0.1, 0.15) is 5.56 Å². The van der Waals surface area contributed by atoms with Gasteiger partial charge in [-0.15, -0.1) is 0 Å². The van der Waals surface area contributed by atoms with E-state index in [1.54, 1.807) is 0 Å². The number of fused-ring (bicyclic) bond motifs is 6. The van der Waals surface area contributed by atoms with Gasteiger partial charge >= 0.3 is 300 Å². The first-order valence-electron chi connectivity index (χ1n) is 18.0. The van der Waals surface area contributed by atoms with E-state index in [1.165, 1.54) is 39.1 Å². The summed E-state index contributed by atoms with van der Waals surface area (Å²) in [4.78, 5) is 0. The van der Waals surface area contributed by atoms with E-state index in [4.69, 9.17) is 0 Å². The third-order valence-electron chi connectivity index (χ3n) is 10.9. The molecule has 10 rings (SSSR count). The van der Waals surface area contributed by atoms with Gasteiger partial charge in [-0.3, -0.25) is 0 Å². The van der Waals surface area contributed by atoms with Crippen LogP contribution in [0, 0.1) is 11.3 Å². The summed E-state index contributed by atoms with van der Waals surface area (Å²) in [6, 6.07) is 75.0. The molecule has 0 amide bonds. The van der Waals surface area contributed by atoms with Crippen LogP contribution in [0.2, 0.25) is 0 Å². The molecular weight excluding hydrogens is 703 g/mol. The second-order valence-corrected chi connectivity index (χ2v) is 21.6. The van der Waals surface area contributed by atoms with Crippen molar-refractivity contribution in [2.24, 2.45) is 0 Å². The predicted octanol–water partition coefficient (Wildman–Crippen LogP) is 9.13. The number of aromatic nitrogens is 2. The Morgan fingerprint density at radius 2 is 0.717 bits per heavy atom. The molecule has 0 aliphatic rings. The predicted molar refractivity (Wildman–Crippen MR) is 223 cm³/mol. The summed E-state index contributed by atoms with van der Waals surface area (Å²) in [6.07, 6.45) is 0. The molecule has 0 radical (unpaired) electrons. The molecule has 0 bridgehead atoms. The average Bonchev–Trinajstić information content (AvgIpc) is 3.75. The molecule has 8 aromatic carbocycles. The second kappa shape index (κ2) is 12.6. The molecule has 10 aromatic rings. The topological polar surface area (TPSA) is 33.6 Å². The second-order valence-electron chi connectivity index (χ2n) is 13.6.